The minimum atomic E-state index is -0.273. The predicted octanol–water partition coefficient (Wildman–Crippen LogP) is 1.98. The van der Waals surface area contributed by atoms with E-state index in [4.69, 9.17) is 13.9 Å². The number of rotatable bonds is 6. The largest absolute Gasteiger partial charge is 0.477 e. The maximum Gasteiger partial charge on any atom is 0.260 e. The Morgan fingerprint density at radius 3 is 2.41 bits per heavy atom. The maximum atomic E-state index is 12.5. The fraction of sp³-hybridized carbons (Fsp3) is 0.500. The van der Waals surface area contributed by atoms with Crippen molar-refractivity contribution in [3.05, 3.63) is 58.6 Å². The molecule has 0 bridgehead atoms. The van der Waals surface area contributed by atoms with Gasteiger partial charge in [-0.2, -0.15) is 0 Å². The number of nitrogens with zero attached hydrogens (tertiary/aromatic N) is 3. The molecule has 0 radical (unpaired) electrons. The van der Waals surface area contributed by atoms with Gasteiger partial charge in [0, 0.05) is 51.0 Å². The quantitative estimate of drug-likeness (QED) is 0.679. The molecule has 4 rings (SSSR count). The van der Waals surface area contributed by atoms with Crippen molar-refractivity contribution >= 4 is 11.6 Å². The molecule has 2 aliphatic rings. The van der Waals surface area contributed by atoms with E-state index in [1.54, 1.807) is 4.90 Å². The lowest BCUT2D eigenvalue weighted by Crippen LogP contribution is -2.49. The van der Waals surface area contributed by atoms with Crippen LogP contribution in [-0.2, 0) is 16.1 Å². The van der Waals surface area contributed by atoms with Crippen molar-refractivity contribution < 1.29 is 18.7 Å². The maximum absolute atomic E-state index is 12.5. The van der Waals surface area contributed by atoms with E-state index in [0.29, 0.717) is 25.4 Å². The van der Waals surface area contributed by atoms with Gasteiger partial charge in [-0.05, 0) is 26.0 Å². The first-order chi connectivity index (χ1) is 15.5. The molecule has 1 amide bonds. The third kappa shape index (κ3) is 5.69. The molecular formula is C24H31N3O5. The molecule has 2 saturated heterocycles. The second kappa shape index (κ2) is 10.2. The smallest absolute Gasteiger partial charge is 0.260 e. The van der Waals surface area contributed by atoms with Crippen LogP contribution in [0.3, 0.4) is 0 Å². The van der Waals surface area contributed by atoms with E-state index in [1.165, 1.54) is 18.0 Å². The van der Waals surface area contributed by atoms with Crippen LogP contribution in [0.1, 0.15) is 19.6 Å². The van der Waals surface area contributed by atoms with Gasteiger partial charge in [-0.3, -0.25) is 14.5 Å². The zero-order valence-corrected chi connectivity index (χ0v) is 18.7. The Kier molecular flexibility index (Phi) is 7.12. The topological polar surface area (TPSA) is 75.5 Å². The first-order valence-electron chi connectivity index (χ1n) is 11.2. The Hall–Kier alpha value is -2.84. The Bertz CT molecular complexity index is 946. The minimum Gasteiger partial charge on any atom is -0.477 e. The van der Waals surface area contributed by atoms with Crippen LogP contribution in [0, 0.1) is 0 Å². The SMILES string of the molecule is C[C@@H]1CN(C(=O)COc2coc(CN3CCN(c4ccccc4)CC3)cc2=O)C[C@H](C)O1. The van der Waals surface area contributed by atoms with Crippen molar-refractivity contribution in [3.63, 3.8) is 0 Å². The van der Waals surface area contributed by atoms with Gasteiger partial charge in [0.15, 0.2) is 6.61 Å². The van der Waals surface area contributed by atoms with Gasteiger partial charge in [-0.1, -0.05) is 18.2 Å². The molecule has 1 aromatic heterocycles. The number of piperazine rings is 1. The van der Waals surface area contributed by atoms with Crippen LogP contribution in [0.25, 0.3) is 0 Å². The second-order valence-corrected chi connectivity index (χ2v) is 8.52. The van der Waals surface area contributed by atoms with E-state index >= 15 is 0 Å². The molecule has 8 nitrogen and oxygen atoms in total. The van der Waals surface area contributed by atoms with Gasteiger partial charge in [0.1, 0.15) is 12.0 Å². The van der Waals surface area contributed by atoms with Gasteiger partial charge in [0.2, 0.25) is 11.2 Å². The summed E-state index contributed by atoms with van der Waals surface area (Å²) < 4.78 is 16.8. The van der Waals surface area contributed by atoms with E-state index in [9.17, 15) is 9.59 Å². The summed E-state index contributed by atoms with van der Waals surface area (Å²) >= 11 is 0. The van der Waals surface area contributed by atoms with Crippen LogP contribution in [0.4, 0.5) is 5.69 Å². The van der Waals surface area contributed by atoms with Crippen molar-refractivity contribution in [2.24, 2.45) is 0 Å². The van der Waals surface area contributed by atoms with E-state index in [1.807, 2.05) is 19.9 Å². The van der Waals surface area contributed by atoms with Crippen LogP contribution in [0.2, 0.25) is 0 Å². The Balaban J connectivity index is 1.26. The van der Waals surface area contributed by atoms with E-state index in [0.717, 1.165) is 26.2 Å². The molecule has 3 heterocycles. The lowest BCUT2D eigenvalue weighted by Gasteiger charge is -2.35. The van der Waals surface area contributed by atoms with Gasteiger partial charge >= 0.3 is 0 Å². The van der Waals surface area contributed by atoms with Crippen LogP contribution < -0.4 is 15.1 Å². The number of anilines is 1. The third-order valence-electron chi connectivity index (χ3n) is 5.85. The van der Waals surface area contributed by atoms with Gasteiger partial charge in [-0.25, -0.2) is 0 Å². The zero-order chi connectivity index (χ0) is 22.5. The van der Waals surface area contributed by atoms with Crippen LogP contribution >= 0.6 is 0 Å². The molecular weight excluding hydrogens is 410 g/mol. The summed E-state index contributed by atoms with van der Waals surface area (Å²) in [4.78, 5) is 31.2. The molecule has 2 aliphatic heterocycles. The molecule has 172 valence electrons. The highest BCUT2D eigenvalue weighted by atomic mass is 16.5. The molecule has 0 aliphatic carbocycles. The number of hydrogen-bond acceptors (Lipinski definition) is 7. The Morgan fingerprint density at radius 2 is 1.75 bits per heavy atom. The fourth-order valence-corrected chi connectivity index (χ4v) is 4.26. The van der Waals surface area contributed by atoms with Crippen LogP contribution in [-0.4, -0.2) is 73.8 Å². The fourth-order valence-electron chi connectivity index (χ4n) is 4.26. The highest BCUT2D eigenvalue weighted by molar-refractivity contribution is 5.78. The number of morpholine rings is 1. The number of para-hydroxylation sites is 1. The van der Waals surface area contributed by atoms with E-state index < -0.39 is 0 Å². The summed E-state index contributed by atoms with van der Waals surface area (Å²) in [5.41, 5.74) is 0.960. The molecule has 0 spiro atoms. The molecule has 1 aromatic carbocycles. The third-order valence-corrected chi connectivity index (χ3v) is 5.85. The Morgan fingerprint density at radius 1 is 1.06 bits per heavy atom. The summed E-state index contributed by atoms with van der Waals surface area (Å²) in [6.07, 6.45) is 1.29. The van der Waals surface area contributed by atoms with Crippen molar-refractivity contribution in [2.75, 3.05) is 50.8 Å². The van der Waals surface area contributed by atoms with Crippen molar-refractivity contribution in [3.8, 4) is 5.75 Å². The van der Waals surface area contributed by atoms with Crippen molar-refractivity contribution in [1.82, 2.24) is 9.80 Å². The van der Waals surface area contributed by atoms with Crippen LogP contribution in [0.5, 0.6) is 5.75 Å². The minimum absolute atomic E-state index is 0.0124. The lowest BCUT2D eigenvalue weighted by molar-refractivity contribution is -0.145. The first-order valence-corrected chi connectivity index (χ1v) is 11.2. The number of carbonyl (C=O) groups is 1. The summed E-state index contributed by atoms with van der Waals surface area (Å²) in [5, 5.41) is 0. The Labute approximate surface area is 188 Å². The van der Waals surface area contributed by atoms with Crippen molar-refractivity contribution in [1.29, 1.82) is 0 Å². The zero-order valence-electron chi connectivity index (χ0n) is 18.7. The lowest BCUT2D eigenvalue weighted by atomic mass is 10.2. The van der Waals surface area contributed by atoms with E-state index in [2.05, 4.69) is 34.1 Å². The molecule has 2 aromatic rings. The molecule has 2 fully saturated rings. The molecule has 32 heavy (non-hydrogen) atoms. The summed E-state index contributed by atoms with van der Waals surface area (Å²) in [6.45, 7) is 8.94. The average Bonchev–Trinajstić information content (AvgIpc) is 2.79. The monoisotopic (exact) mass is 441 g/mol. The summed E-state index contributed by atoms with van der Waals surface area (Å²) in [5.74, 6) is 0.495. The molecule has 2 atom stereocenters. The van der Waals surface area contributed by atoms with Gasteiger partial charge in [-0.15, -0.1) is 0 Å². The number of hydrogen-bond donors (Lipinski definition) is 0. The number of benzene rings is 1. The molecule has 0 N–H and O–H groups in total. The molecule has 0 saturated carbocycles. The summed E-state index contributed by atoms with van der Waals surface area (Å²) in [6, 6.07) is 11.8. The predicted molar refractivity (Wildman–Crippen MR) is 121 cm³/mol. The highest BCUT2D eigenvalue weighted by Crippen LogP contribution is 2.17. The first kappa shape index (κ1) is 22.4. The highest BCUT2D eigenvalue weighted by Gasteiger charge is 2.26. The molecule has 8 heteroatoms. The number of amides is 1. The normalized spacial score (nSPS) is 22.1. The number of carbonyl (C=O) groups excluding carboxylic acids is 1. The van der Waals surface area contributed by atoms with E-state index in [-0.39, 0.29) is 35.9 Å². The number of ether oxygens (including phenoxy) is 2. The van der Waals surface area contributed by atoms with Crippen LogP contribution in [0.15, 0.2) is 51.9 Å². The standard InChI is InChI=1S/C24H31N3O5/c1-18-13-27(14-19(2)32-18)24(29)17-31-23-16-30-21(12-22(23)28)15-25-8-10-26(11-9-25)20-6-4-3-5-7-20/h3-7,12,16,18-19H,8-11,13-15,17H2,1-2H3/t18-,19+. The van der Waals surface area contributed by atoms with Crippen molar-refractivity contribution in [2.45, 2.75) is 32.6 Å². The summed E-state index contributed by atoms with van der Waals surface area (Å²) in [7, 11) is 0. The van der Waals surface area contributed by atoms with Gasteiger partial charge in [0.05, 0.1) is 18.8 Å². The second-order valence-electron chi connectivity index (χ2n) is 8.52. The average molecular weight is 442 g/mol. The molecule has 0 unspecified atom stereocenters. The van der Waals surface area contributed by atoms with Gasteiger partial charge in [0.25, 0.3) is 5.91 Å². The van der Waals surface area contributed by atoms with Gasteiger partial charge < -0.3 is 23.7 Å².